The van der Waals surface area contributed by atoms with Crippen LogP contribution in [0.1, 0.15) is 52.1 Å². The molecule has 1 saturated carbocycles. The number of nitrogens with two attached hydrogens (primary N) is 1. The lowest BCUT2D eigenvalue weighted by molar-refractivity contribution is 0.133. The van der Waals surface area contributed by atoms with Gasteiger partial charge in [0.05, 0.1) is 0 Å². The quantitative estimate of drug-likeness (QED) is 0.879. The van der Waals surface area contributed by atoms with Gasteiger partial charge in [-0.2, -0.15) is 0 Å². The molecule has 0 radical (unpaired) electrons. The second-order valence-electron chi connectivity index (χ2n) is 7.15. The van der Waals surface area contributed by atoms with Crippen molar-refractivity contribution in [1.82, 2.24) is 4.98 Å². The Morgan fingerprint density at radius 2 is 1.95 bits per heavy atom. The van der Waals surface area contributed by atoms with Crippen LogP contribution in [0.3, 0.4) is 0 Å². The van der Waals surface area contributed by atoms with E-state index in [0.717, 1.165) is 35.3 Å². The van der Waals surface area contributed by atoms with Crippen LogP contribution < -0.4 is 5.73 Å². The van der Waals surface area contributed by atoms with E-state index in [1.807, 2.05) is 12.3 Å². The molecule has 0 spiro atoms. The van der Waals surface area contributed by atoms with Gasteiger partial charge < -0.3 is 5.73 Å². The van der Waals surface area contributed by atoms with Crippen molar-refractivity contribution in [2.24, 2.45) is 17.1 Å². The van der Waals surface area contributed by atoms with E-state index in [1.165, 1.54) is 12.8 Å². The van der Waals surface area contributed by atoms with E-state index in [0.29, 0.717) is 5.41 Å². The van der Waals surface area contributed by atoms with Gasteiger partial charge in [0.2, 0.25) is 0 Å². The van der Waals surface area contributed by atoms with Crippen LogP contribution in [0.2, 0.25) is 0 Å². The van der Waals surface area contributed by atoms with Crippen LogP contribution in [0.25, 0.3) is 0 Å². The highest BCUT2D eigenvalue weighted by atomic mass is 79.9. The average Bonchev–Trinajstić information content (AvgIpc) is 2.31. The van der Waals surface area contributed by atoms with Gasteiger partial charge >= 0.3 is 0 Å². The summed E-state index contributed by atoms with van der Waals surface area (Å²) >= 11 is 3.42. The van der Waals surface area contributed by atoms with Crippen LogP contribution in [-0.2, 0) is 6.42 Å². The van der Waals surface area contributed by atoms with Crippen molar-refractivity contribution in [1.29, 1.82) is 0 Å². The number of nitrogens with zero attached hydrogens (tertiary/aromatic N) is 1. The number of hydrogen-bond acceptors (Lipinski definition) is 2. The lowest BCUT2D eigenvalue weighted by Crippen LogP contribution is -2.46. The summed E-state index contributed by atoms with van der Waals surface area (Å²) in [6.07, 6.45) is 7.49. The van der Waals surface area contributed by atoms with Gasteiger partial charge in [-0.15, -0.1) is 0 Å². The smallest absolute Gasteiger partial charge is 0.0422 e. The Hall–Kier alpha value is -0.410. The summed E-state index contributed by atoms with van der Waals surface area (Å²) in [6.45, 7) is 7.03. The largest absolute Gasteiger partial charge is 0.325 e. The first-order chi connectivity index (χ1) is 8.78. The van der Waals surface area contributed by atoms with Gasteiger partial charge in [0.15, 0.2) is 0 Å². The van der Waals surface area contributed by atoms with Gasteiger partial charge in [0.25, 0.3) is 0 Å². The van der Waals surface area contributed by atoms with Crippen molar-refractivity contribution in [2.75, 3.05) is 0 Å². The number of pyridine rings is 1. The predicted molar refractivity (Wildman–Crippen MR) is 84.0 cm³/mol. The maximum absolute atomic E-state index is 6.58. The monoisotopic (exact) mass is 324 g/mol. The zero-order chi connectivity index (χ0) is 14.1. The van der Waals surface area contributed by atoms with Gasteiger partial charge in [-0.25, -0.2) is 0 Å². The molecule has 0 unspecified atom stereocenters. The Morgan fingerprint density at radius 1 is 1.32 bits per heavy atom. The molecule has 1 fully saturated rings. The molecule has 19 heavy (non-hydrogen) atoms. The van der Waals surface area contributed by atoms with Crippen molar-refractivity contribution in [3.63, 3.8) is 0 Å². The van der Waals surface area contributed by atoms with E-state index in [-0.39, 0.29) is 5.54 Å². The fourth-order valence-electron chi connectivity index (χ4n) is 3.11. The standard InChI is InChI=1S/C16H25BrN2/c1-15(2,3)12-6-8-16(18,9-7-12)10-14-5-4-13(17)11-19-14/h4-5,11-12H,6-10,18H2,1-3H3. The normalized spacial score (nSPS) is 28.4. The van der Waals surface area contributed by atoms with Crippen molar-refractivity contribution in [2.45, 2.75) is 58.4 Å². The highest BCUT2D eigenvalue weighted by molar-refractivity contribution is 9.10. The maximum Gasteiger partial charge on any atom is 0.0422 e. The molecular formula is C16H25BrN2. The van der Waals surface area contributed by atoms with Crippen LogP contribution in [0, 0.1) is 11.3 Å². The summed E-state index contributed by atoms with van der Waals surface area (Å²) in [7, 11) is 0. The fraction of sp³-hybridized carbons (Fsp3) is 0.688. The summed E-state index contributed by atoms with van der Waals surface area (Å²) < 4.78 is 1.03. The van der Waals surface area contributed by atoms with Crippen LogP contribution in [0.5, 0.6) is 0 Å². The molecule has 3 heteroatoms. The Kier molecular flexibility index (Phi) is 4.36. The van der Waals surface area contributed by atoms with Gasteiger partial charge in [0.1, 0.15) is 0 Å². The van der Waals surface area contributed by atoms with Crippen LogP contribution in [-0.4, -0.2) is 10.5 Å². The topological polar surface area (TPSA) is 38.9 Å². The molecule has 1 aliphatic carbocycles. The SMILES string of the molecule is CC(C)(C)C1CCC(N)(Cc2ccc(Br)cn2)CC1. The Morgan fingerprint density at radius 3 is 2.42 bits per heavy atom. The second kappa shape index (κ2) is 5.53. The molecule has 0 amide bonds. The summed E-state index contributed by atoms with van der Waals surface area (Å²) in [5.41, 5.74) is 8.05. The van der Waals surface area contributed by atoms with Crippen molar-refractivity contribution >= 4 is 15.9 Å². The minimum atomic E-state index is -0.0530. The third-order valence-electron chi connectivity index (χ3n) is 4.53. The third kappa shape index (κ3) is 4.03. The lowest BCUT2D eigenvalue weighted by Gasteiger charge is -2.42. The molecule has 1 aromatic heterocycles. The van der Waals surface area contributed by atoms with E-state index in [4.69, 9.17) is 5.73 Å². The summed E-state index contributed by atoms with van der Waals surface area (Å²) in [5, 5.41) is 0. The van der Waals surface area contributed by atoms with E-state index in [1.54, 1.807) is 0 Å². The first-order valence-electron chi connectivity index (χ1n) is 7.18. The van der Waals surface area contributed by atoms with Gasteiger partial charge in [-0.05, 0) is 65.1 Å². The summed E-state index contributed by atoms with van der Waals surface area (Å²) in [5.74, 6) is 0.807. The Balaban J connectivity index is 1.96. The van der Waals surface area contributed by atoms with Crippen LogP contribution in [0.4, 0.5) is 0 Å². The zero-order valence-corrected chi connectivity index (χ0v) is 13.8. The maximum atomic E-state index is 6.58. The van der Waals surface area contributed by atoms with Crippen LogP contribution in [0.15, 0.2) is 22.8 Å². The molecule has 2 nitrogen and oxygen atoms in total. The Bertz CT molecular complexity index is 411. The van der Waals surface area contributed by atoms with Crippen LogP contribution >= 0.6 is 15.9 Å². The zero-order valence-electron chi connectivity index (χ0n) is 12.2. The van der Waals surface area contributed by atoms with Gasteiger partial charge in [-0.1, -0.05) is 20.8 Å². The van der Waals surface area contributed by atoms with Gasteiger partial charge in [-0.3, -0.25) is 4.98 Å². The average molecular weight is 325 g/mol. The second-order valence-corrected chi connectivity index (χ2v) is 8.06. The molecule has 0 aliphatic heterocycles. The van der Waals surface area contributed by atoms with E-state index >= 15 is 0 Å². The van der Waals surface area contributed by atoms with Gasteiger partial charge in [0, 0.05) is 28.3 Å². The molecule has 0 atom stereocenters. The number of rotatable bonds is 2. The number of hydrogen-bond donors (Lipinski definition) is 1. The van der Waals surface area contributed by atoms with E-state index < -0.39 is 0 Å². The van der Waals surface area contributed by atoms with E-state index in [2.05, 4.69) is 47.8 Å². The number of aromatic nitrogens is 1. The highest BCUT2D eigenvalue weighted by Gasteiger charge is 2.36. The molecule has 106 valence electrons. The fourth-order valence-corrected chi connectivity index (χ4v) is 3.34. The molecule has 0 aromatic carbocycles. The number of halogens is 1. The minimum absolute atomic E-state index is 0.0530. The first-order valence-corrected chi connectivity index (χ1v) is 7.97. The summed E-state index contributed by atoms with van der Waals surface area (Å²) in [6, 6.07) is 4.13. The minimum Gasteiger partial charge on any atom is -0.325 e. The Labute approximate surface area is 125 Å². The molecule has 2 N–H and O–H groups in total. The first kappa shape index (κ1) is 15.0. The molecule has 1 aliphatic rings. The predicted octanol–water partition coefficient (Wildman–Crippen LogP) is 4.32. The molecule has 0 saturated heterocycles. The molecule has 0 bridgehead atoms. The van der Waals surface area contributed by atoms with Crippen molar-refractivity contribution in [3.8, 4) is 0 Å². The molecule has 1 heterocycles. The molecule has 1 aromatic rings. The lowest BCUT2D eigenvalue weighted by atomic mass is 9.66. The van der Waals surface area contributed by atoms with Crippen molar-refractivity contribution < 1.29 is 0 Å². The van der Waals surface area contributed by atoms with E-state index in [9.17, 15) is 0 Å². The third-order valence-corrected chi connectivity index (χ3v) is 5.00. The summed E-state index contributed by atoms with van der Waals surface area (Å²) in [4.78, 5) is 4.46. The molecular weight excluding hydrogens is 300 g/mol. The van der Waals surface area contributed by atoms with Crippen molar-refractivity contribution in [3.05, 3.63) is 28.5 Å². The molecule has 2 rings (SSSR count). The highest BCUT2D eigenvalue weighted by Crippen LogP contribution is 2.41.